The first-order chi connectivity index (χ1) is 12.3. The summed E-state index contributed by atoms with van der Waals surface area (Å²) in [5.41, 5.74) is 6.02. The lowest BCUT2D eigenvalue weighted by Crippen LogP contribution is -2.19. The van der Waals surface area contributed by atoms with Gasteiger partial charge < -0.3 is 9.90 Å². The Labute approximate surface area is 165 Å². The van der Waals surface area contributed by atoms with Gasteiger partial charge in [0.25, 0.3) is 0 Å². The van der Waals surface area contributed by atoms with E-state index in [1.54, 1.807) is 6.92 Å². The van der Waals surface area contributed by atoms with Gasteiger partial charge >= 0.3 is 0 Å². The van der Waals surface area contributed by atoms with Crippen LogP contribution in [0.3, 0.4) is 0 Å². The molecule has 0 amide bonds. The summed E-state index contributed by atoms with van der Waals surface area (Å²) in [5.74, 6) is -1.16. The number of benzene rings is 1. The Morgan fingerprint density at radius 2 is 1.52 bits per heavy atom. The summed E-state index contributed by atoms with van der Waals surface area (Å²) in [6.07, 6.45) is 8.99. The molecule has 0 fully saturated rings. The molecule has 0 aliphatic rings. The Hall–Kier alpha value is -2.09. The van der Waals surface area contributed by atoms with Crippen molar-refractivity contribution in [3.05, 3.63) is 64.8 Å². The van der Waals surface area contributed by atoms with Crippen molar-refractivity contribution < 1.29 is 9.90 Å². The quantitative estimate of drug-likeness (QED) is 0.477. The lowest BCUT2D eigenvalue weighted by atomic mass is 9.78. The van der Waals surface area contributed by atoms with Gasteiger partial charge in [0.05, 0.1) is 5.97 Å². The van der Waals surface area contributed by atoms with Crippen LogP contribution < -0.4 is 5.11 Å². The lowest BCUT2D eigenvalue weighted by molar-refractivity contribution is -0.297. The zero-order valence-corrected chi connectivity index (χ0v) is 18.3. The highest BCUT2D eigenvalue weighted by Crippen LogP contribution is 2.33. The highest BCUT2D eigenvalue weighted by molar-refractivity contribution is 5.79. The maximum Gasteiger partial charge on any atom is 0.0645 e. The van der Waals surface area contributed by atoms with Gasteiger partial charge in [0.2, 0.25) is 0 Å². The molecule has 0 N–H and O–H groups in total. The molecule has 148 valence electrons. The first-order valence-corrected chi connectivity index (χ1v) is 9.77. The minimum absolute atomic E-state index is 0.0803. The number of carbonyl (C=O) groups excluding carboxylic acids is 1. The summed E-state index contributed by atoms with van der Waals surface area (Å²) in [7, 11) is 0. The van der Waals surface area contributed by atoms with Crippen LogP contribution in [0.2, 0.25) is 0 Å². The van der Waals surface area contributed by atoms with Crippen molar-refractivity contribution >= 4 is 11.5 Å². The second kappa shape index (κ2) is 9.21. The Morgan fingerprint density at radius 3 is 1.93 bits per heavy atom. The first-order valence-electron chi connectivity index (χ1n) is 9.77. The fourth-order valence-electron chi connectivity index (χ4n) is 2.82. The lowest BCUT2D eigenvalue weighted by Gasteiger charge is -2.26. The molecule has 0 saturated heterocycles. The van der Waals surface area contributed by atoms with Crippen molar-refractivity contribution in [2.75, 3.05) is 0 Å². The third-order valence-corrected chi connectivity index (χ3v) is 4.56. The molecular formula is C25H35O2-. The van der Waals surface area contributed by atoms with Gasteiger partial charge in [-0.3, -0.25) is 0 Å². The topological polar surface area (TPSA) is 40.1 Å². The predicted octanol–water partition coefficient (Wildman–Crippen LogP) is 5.72. The minimum Gasteiger partial charge on any atom is -0.545 e. The number of carbonyl (C=O) groups is 1. The van der Waals surface area contributed by atoms with E-state index in [1.165, 1.54) is 22.3 Å². The minimum atomic E-state index is -1.16. The van der Waals surface area contributed by atoms with Crippen molar-refractivity contribution in [3.63, 3.8) is 0 Å². The molecule has 0 aromatic heterocycles. The van der Waals surface area contributed by atoms with Crippen molar-refractivity contribution in [1.82, 2.24) is 0 Å². The van der Waals surface area contributed by atoms with E-state index in [9.17, 15) is 9.90 Å². The van der Waals surface area contributed by atoms with Crippen LogP contribution in [-0.4, -0.2) is 5.97 Å². The van der Waals surface area contributed by atoms with Gasteiger partial charge in [0, 0.05) is 0 Å². The molecule has 1 aromatic carbocycles. The molecule has 2 heteroatoms. The van der Waals surface area contributed by atoms with Crippen LogP contribution >= 0.6 is 0 Å². The number of hydrogen-bond donors (Lipinski definition) is 0. The molecule has 1 aromatic rings. The Kier molecular flexibility index (Phi) is 7.83. The number of hydrogen-bond acceptors (Lipinski definition) is 2. The molecule has 0 aliphatic heterocycles. The number of rotatable bonds is 6. The fraction of sp³-hybridized carbons (Fsp3) is 0.480. The molecule has 0 atom stereocenters. The van der Waals surface area contributed by atoms with Crippen molar-refractivity contribution in [1.29, 1.82) is 0 Å². The smallest absolute Gasteiger partial charge is 0.0645 e. The van der Waals surface area contributed by atoms with E-state index in [0.29, 0.717) is 5.57 Å². The SMILES string of the molecule is CCC/C(=C/C=C/C(C)=C/C(=O)[O-])c1cc(C(C)(C)C)cc(C(C)(C)C)c1. The molecule has 0 spiro atoms. The summed E-state index contributed by atoms with van der Waals surface area (Å²) in [4.78, 5) is 10.7. The molecule has 2 nitrogen and oxygen atoms in total. The van der Waals surface area contributed by atoms with E-state index in [2.05, 4.69) is 72.7 Å². The summed E-state index contributed by atoms with van der Waals surface area (Å²) in [6.45, 7) is 17.4. The van der Waals surface area contributed by atoms with Gasteiger partial charge in [-0.2, -0.15) is 0 Å². The highest BCUT2D eigenvalue weighted by Gasteiger charge is 2.21. The standard InChI is InChI=1S/C25H36O2/c1-9-11-19(13-10-12-18(2)14-23(26)27)20-15-21(24(3,4)5)17-22(16-20)25(6,7)8/h10,12-17H,9,11H2,1-8H3,(H,26,27)/p-1/b12-10+,18-14+,19-13-. The Balaban J connectivity index is 3.44. The van der Waals surface area contributed by atoms with E-state index in [0.717, 1.165) is 18.9 Å². The van der Waals surface area contributed by atoms with Crippen LogP contribution in [0.1, 0.15) is 84.9 Å². The van der Waals surface area contributed by atoms with Gasteiger partial charge in [0.1, 0.15) is 0 Å². The second-order valence-corrected chi connectivity index (χ2v) is 9.31. The van der Waals surface area contributed by atoms with Crippen LogP contribution in [-0.2, 0) is 15.6 Å². The van der Waals surface area contributed by atoms with E-state index < -0.39 is 5.97 Å². The zero-order valence-electron chi connectivity index (χ0n) is 18.3. The highest BCUT2D eigenvalue weighted by atomic mass is 16.4. The molecule has 0 bridgehead atoms. The molecule has 0 heterocycles. The van der Waals surface area contributed by atoms with Crippen LogP contribution in [0.15, 0.2) is 48.1 Å². The van der Waals surface area contributed by atoms with Gasteiger partial charge in [-0.1, -0.05) is 91.3 Å². The molecule has 0 radical (unpaired) electrons. The summed E-state index contributed by atoms with van der Waals surface area (Å²) < 4.78 is 0. The van der Waals surface area contributed by atoms with Gasteiger partial charge in [-0.05, 0) is 58.1 Å². The molecule has 1 rings (SSSR count). The Bertz CT molecular complexity index is 715. The number of carboxylic acids is 1. The van der Waals surface area contributed by atoms with Crippen molar-refractivity contribution in [3.8, 4) is 0 Å². The van der Waals surface area contributed by atoms with Crippen LogP contribution in [0, 0.1) is 0 Å². The van der Waals surface area contributed by atoms with Crippen molar-refractivity contribution in [2.24, 2.45) is 0 Å². The van der Waals surface area contributed by atoms with Crippen LogP contribution in [0.5, 0.6) is 0 Å². The van der Waals surface area contributed by atoms with Crippen LogP contribution in [0.4, 0.5) is 0 Å². The molecule has 0 saturated carbocycles. The number of carboxylic acid groups (broad SMARTS) is 1. The third kappa shape index (κ3) is 7.58. The third-order valence-electron chi connectivity index (χ3n) is 4.56. The predicted molar refractivity (Wildman–Crippen MR) is 115 cm³/mol. The average Bonchev–Trinajstić information content (AvgIpc) is 2.51. The largest absolute Gasteiger partial charge is 0.545 e. The normalized spacial score (nSPS) is 14.1. The summed E-state index contributed by atoms with van der Waals surface area (Å²) >= 11 is 0. The van der Waals surface area contributed by atoms with Crippen molar-refractivity contribution in [2.45, 2.75) is 79.1 Å². The second-order valence-electron chi connectivity index (χ2n) is 9.31. The monoisotopic (exact) mass is 367 g/mol. The molecule has 0 unspecified atom stereocenters. The number of allylic oxidation sites excluding steroid dienone is 5. The first kappa shape index (κ1) is 23.0. The maximum atomic E-state index is 10.7. The van der Waals surface area contributed by atoms with E-state index in [-0.39, 0.29) is 10.8 Å². The number of aliphatic carboxylic acids is 1. The summed E-state index contributed by atoms with van der Waals surface area (Å²) in [5, 5.41) is 10.7. The van der Waals surface area contributed by atoms with Crippen LogP contribution in [0.25, 0.3) is 5.57 Å². The molecule has 27 heavy (non-hydrogen) atoms. The Morgan fingerprint density at radius 1 is 1.00 bits per heavy atom. The maximum absolute atomic E-state index is 10.7. The zero-order chi connectivity index (χ0) is 20.8. The molecule has 0 aliphatic carbocycles. The van der Waals surface area contributed by atoms with Gasteiger partial charge in [-0.25, -0.2) is 0 Å². The van der Waals surface area contributed by atoms with Gasteiger partial charge in [0.15, 0.2) is 0 Å². The summed E-state index contributed by atoms with van der Waals surface area (Å²) in [6, 6.07) is 6.93. The fourth-order valence-corrected chi connectivity index (χ4v) is 2.82. The molecular weight excluding hydrogens is 332 g/mol. The van der Waals surface area contributed by atoms with Gasteiger partial charge in [-0.15, -0.1) is 0 Å². The average molecular weight is 368 g/mol. The van der Waals surface area contributed by atoms with E-state index >= 15 is 0 Å². The van der Waals surface area contributed by atoms with E-state index in [4.69, 9.17) is 0 Å². The van der Waals surface area contributed by atoms with E-state index in [1.807, 2.05) is 12.2 Å².